The number of aryl methyl sites for hydroxylation is 2. The average molecular weight is 358 g/mol. The lowest BCUT2D eigenvalue weighted by Crippen LogP contribution is -2.08. The molecular formula is C15H14ClF2N3OS. The summed E-state index contributed by atoms with van der Waals surface area (Å²) in [6, 6.07) is 6.39. The fourth-order valence-electron chi connectivity index (χ4n) is 1.94. The number of halogens is 3. The molecule has 0 aliphatic heterocycles. The maximum atomic E-state index is 12.5. The van der Waals surface area contributed by atoms with Gasteiger partial charge in [0.05, 0.1) is 11.4 Å². The number of rotatable bonds is 5. The Balaban J connectivity index is 2.12. The van der Waals surface area contributed by atoms with Crippen molar-refractivity contribution in [3.8, 4) is 0 Å². The second-order valence-corrected chi connectivity index (χ2v) is 6.00. The number of nitrogens with zero attached hydrogens (tertiary/aromatic N) is 2. The minimum absolute atomic E-state index is 0.305. The first-order valence-electron chi connectivity index (χ1n) is 6.60. The van der Waals surface area contributed by atoms with Gasteiger partial charge in [0, 0.05) is 23.6 Å². The molecule has 1 aromatic carbocycles. The van der Waals surface area contributed by atoms with Gasteiger partial charge in [0.15, 0.2) is 0 Å². The van der Waals surface area contributed by atoms with E-state index in [1.807, 2.05) is 0 Å². The van der Waals surface area contributed by atoms with Crippen molar-refractivity contribution < 1.29 is 13.6 Å². The largest absolute Gasteiger partial charge is 0.321 e. The standard InChI is InChI=1S/C15H14ClF2N3OS/c1-9-10(14(16)21(2)20-9)7-8-13(22)19-11-5-3-4-6-12(11)23-15(17)18/h3-8,15H,1-2H3,(H,19,22)/b8-7+. The van der Waals surface area contributed by atoms with Crippen molar-refractivity contribution in [1.82, 2.24) is 9.78 Å². The SMILES string of the molecule is Cc1nn(C)c(Cl)c1/C=C/C(=O)Nc1ccccc1SC(F)F. The molecular weight excluding hydrogens is 344 g/mol. The number of alkyl halides is 2. The van der Waals surface area contributed by atoms with E-state index in [1.165, 1.54) is 16.8 Å². The van der Waals surface area contributed by atoms with Crippen LogP contribution in [0.5, 0.6) is 0 Å². The smallest absolute Gasteiger partial charge is 0.288 e. The molecule has 23 heavy (non-hydrogen) atoms. The van der Waals surface area contributed by atoms with Crippen LogP contribution in [-0.2, 0) is 11.8 Å². The van der Waals surface area contributed by atoms with Gasteiger partial charge in [0.2, 0.25) is 5.91 Å². The Hall–Kier alpha value is -1.86. The van der Waals surface area contributed by atoms with Crippen LogP contribution in [0.15, 0.2) is 35.2 Å². The number of carbonyl (C=O) groups excluding carboxylic acids is 1. The second-order valence-electron chi connectivity index (χ2n) is 4.61. The minimum Gasteiger partial charge on any atom is -0.321 e. The van der Waals surface area contributed by atoms with Gasteiger partial charge in [0.25, 0.3) is 5.76 Å². The van der Waals surface area contributed by atoms with Gasteiger partial charge in [0.1, 0.15) is 5.15 Å². The van der Waals surface area contributed by atoms with Crippen LogP contribution in [0.3, 0.4) is 0 Å². The third-order valence-electron chi connectivity index (χ3n) is 2.96. The van der Waals surface area contributed by atoms with Gasteiger partial charge in [-0.15, -0.1) is 0 Å². The molecule has 0 saturated heterocycles. The number of hydrogen-bond donors (Lipinski definition) is 1. The zero-order chi connectivity index (χ0) is 17.0. The van der Waals surface area contributed by atoms with Crippen LogP contribution in [-0.4, -0.2) is 21.4 Å². The van der Waals surface area contributed by atoms with Crippen LogP contribution < -0.4 is 5.32 Å². The van der Waals surface area contributed by atoms with Crippen LogP contribution >= 0.6 is 23.4 Å². The molecule has 0 bridgehead atoms. The Morgan fingerprint density at radius 3 is 2.74 bits per heavy atom. The molecule has 0 radical (unpaired) electrons. The van der Waals surface area contributed by atoms with Crippen molar-refractivity contribution in [3.05, 3.63) is 46.8 Å². The van der Waals surface area contributed by atoms with Crippen molar-refractivity contribution in [3.63, 3.8) is 0 Å². The number of para-hydroxylation sites is 1. The summed E-state index contributed by atoms with van der Waals surface area (Å²) in [7, 11) is 1.70. The predicted octanol–water partition coefficient (Wildman–Crippen LogP) is 4.35. The molecule has 2 rings (SSSR count). The molecule has 8 heteroatoms. The van der Waals surface area contributed by atoms with Gasteiger partial charge in [-0.3, -0.25) is 9.48 Å². The van der Waals surface area contributed by atoms with Crippen molar-refractivity contribution >= 4 is 41.0 Å². The fourth-order valence-corrected chi connectivity index (χ4v) is 2.77. The molecule has 1 amide bonds. The summed E-state index contributed by atoms with van der Waals surface area (Å²) in [6.45, 7) is 1.78. The zero-order valence-corrected chi connectivity index (χ0v) is 14.0. The van der Waals surface area contributed by atoms with E-state index in [9.17, 15) is 13.6 Å². The molecule has 1 aromatic heterocycles. The van der Waals surface area contributed by atoms with Gasteiger partial charge >= 0.3 is 0 Å². The molecule has 2 aromatic rings. The van der Waals surface area contributed by atoms with E-state index >= 15 is 0 Å². The van der Waals surface area contributed by atoms with E-state index in [4.69, 9.17) is 11.6 Å². The number of amides is 1. The van der Waals surface area contributed by atoms with Crippen LogP contribution in [0.25, 0.3) is 6.08 Å². The molecule has 1 N–H and O–H groups in total. The molecule has 0 spiro atoms. The Morgan fingerprint density at radius 1 is 1.43 bits per heavy atom. The average Bonchev–Trinajstić information content (AvgIpc) is 2.72. The first-order valence-corrected chi connectivity index (χ1v) is 7.86. The monoisotopic (exact) mass is 357 g/mol. The van der Waals surface area contributed by atoms with Crippen molar-refractivity contribution in [2.24, 2.45) is 7.05 Å². The highest BCUT2D eigenvalue weighted by atomic mass is 35.5. The molecule has 0 fully saturated rings. The number of anilines is 1. The Labute approximate surface area is 141 Å². The normalized spacial score (nSPS) is 11.4. The quantitative estimate of drug-likeness (QED) is 0.639. The third kappa shape index (κ3) is 4.56. The van der Waals surface area contributed by atoms with E-state index in [-0.39, 0.29) is 0 Å². The number of benzene rings is 1. The van der Waals surface area contributed by atoms with Crippen LogP contribution in [0.4, 0.5) is 14.5 Å². The predicted molar refractivity (Wildman–Crippen MR) is 88.9 cm³/mol. The first-order chi connectivity index (χ1) is 10.9. The molecule has 0 atom stereocenters. The summed E-state index contributed by atoms with van der Waals surface area (Å²) >= 11 is 6.45. The van der Waals surface area contributed by atoms with Crippen molar-refractivity contribution in [2.75, 3.05) is 5.32 Å². The summed E-state index contributed by atoms with van der Waals surface area (Å²) < 4.78 is 26.5. The Morgan fingerprint density at radius 2 is 2.13 bits per heavy atom. The lowest BCUT2D eigenvalue weighted by molar-refractivity contribution is -0.111. The van der Waals surface area contributed by atoms with E-state index in [1.54, 1.807) is 38.2 Å². The topological polar surface area (TPSA) is 46.9 Å². The number of hydrogen-bond acceptors (Lipinski definition) is 3. The maximum absolute atomic E-state index is 12.5. The number of thioether (sulfide) groups is 1. The highest BCUT2D eigenvalue weighted by molar-refractivity contribution is 7.99. The summed E-state index contributed by atoms with van der Waals surface area (Å²) in [6.07, 6.45) is 2.84. The fraction of sp³-hybridized carbons (Fsp3) is 0.200. The van der Waals surface area contributed by atoms with Gasteiger partial charge in [-0.1, -0.05) is 35.5 Å². The summed E-state index contributed by atoms with van der Waals surface area (Å²) in [4.78, 5) is 12.3. The third-order valence-corrected chi connectivity index (χ3v) is 4.19. The molecule has 122 valence electrons. The van der Waals surface area contributed by atoms with Crippen LogP contribution in [0, 0.1) is 6.92 Å². The number of nitrogens with one attached hydrogen (secondary N) is 1. The molecule has 0 unspecified atom stereocenters. The second kappa shape index (κ2) is 7.61. The Bertz CT molecular complexity index is 746. The summed E-state index contributed by atoms with van der Waals surface area (Å²) in [5.74, 6) is -2.99. The summed E-state index contributed by atoms with van der Waals surface area (Å²) in [5, 5.41) is 7.13. The minimum atomic E-state index is -2.56. The van der Waals surface area contributed by atoms with Crippen LogP contribution in [0.1, 0.15) is 11.3 Å². The molecule has 4 nitrogen and oxygen atoms in total. The number of aromatic nitrogens is 2. The zero-order valence-electron chi connectivity index (χ0n) is 12.4. The first kappa shape index (κ1) is 17.5. The Kier molecular flexibility index (Phi) is 5.79. The van der Waals surface area contributed by atoms with Crippen LogP contribution in [0.2, 0.25) is 5.15 Å². The molecule has 0 saturated carbocycles. The highest BCUT2D eigenvalue weighted by Crippen LogP contribution is 2.31. The van der Waals surface area contributed by atoms with E-state index in [0.717, 1.165) is 0 Å². The van der Waals surface area contributed by atoms with Crippen molar-refractivity contribution in [1.29, 1.82) is 0 Å². The van der Waals surface area contributed by atoms with Crippen molar-refractivity contribution in [2.45, 2.75) is 17.6 Å². The highest BCUT2D eigenvalue weighted by Gasteiger charge is 2.11. The van der Waals surface area contributed by atoms with Gasteiger partial charge in [-0.25, -0.2) is 0 Å². The summed E-state index contributed by atoms with van der Waals surface area (Å²) in [5.41, 5.74) is 1.66. The van der Waals surface area contributed by atoms with E-state index in [2.05, 4.69) is 10.4 Å². The molecule has 0 aliphatic rings. The van der Waals surface area contributed by atoms with Gasteiger partial charge in [-0.2, -0.15) is 13.9 Å². The maximum Gasteiger partial charge on any atom is 0.288 e. The molecule has 0 aliphatic carbocycles. The van der Waals surface area contributed by atoms with E-state index in [0.29, 0.717) is 38.8 Å². The van der Waals surface area contributed by atoms with E-state index < -0.39 is 11.7 Å². The van der Waals surface area contributed by atoms with Gasteiger partial charge < -0.3 is 5.32 Å². The number of carbonyl (C=O) groups is 1. The lowest BCUT2D eigenvalue weighted by Gasteiger charge is -2.08. The molecule has 1 heterocycles. The van der Waals surface area contributed by atoms with Gasteiger partial charge in [-0.05, 0) is 25.1 Å². The lowest BCUT2D eigenvalue weighted by atomic mass is 10.2.